The molecule has 0 spiro atoms. The van der Waals surface area contributed by atoms with E-state index in [2.05, 4.69) is 0 Å². The second-order valence-corrected chi connectivity index (χ2v) is 6.55. The van der Waals surface area contributed by atoms with Gasteiger partial charge in [0, 0.05) is 6.04 Å². The van der Waals surface area contributed by atoms with Gasteiger partial charge in [0.25, 0.3) is 0 Å². The van der Waals surface area contributed by atoms with E-state index < -0.39 is 16.0 Å². The topological polar surface area (TPSA) is 87.5 Å². The van der Waals surface area contributed by atoms with Crippen molar-refractivity contribution in [2.24, 2.45) is 0 Å². The zero-order valence-corrected chi connectivity index (χ0v) is 12.5. The lowest BCUT2D eigenvalue weighted by molar-refractivity contribution is -0.143. The molecule has 1 aliphatic carbocycles. The number of carbonyl (C=O) groups is 1. The Hall–Kier alpha value is -1.91. The number of esters is 1. The molecular formula is C14H16N2O4S. The Morgan fingerprint density at radius 1 is 1.43 bits per heavy atom. The van der Waals surface area contributed by atoms with E-state index in [-0.39, 0.29) is 29.7 Å². The first-order chi connectivity index (χ1) is 10.0. The molecule has 0 aliphatic heterocycles. The van der Waals surface area contributed by atoms with Crippen LogP contribution in [-0.4, -0.2) is 37.9 Å². The van der Waals surface area contributed by atoms with Crippen molar-refractivity contribution in [3.63, 3.8) is 0 Å². The molecule has 1 aromatic rings. The van der Waals surface area contributed by atoms with Crippen molar-refractivity contribution in [1.29, 1.82) is 5.26 Å². The molecule has 1 aromatic carbocycles. The molecule has 0 N–H and O–H groups in total. The molecule has 1 saturated carbocycles. The number of nitrogens with zero attached hydrogens (tertiary/aromatic N) is 2. The molecular weight excluding hydrogens is 292 g/mol. The fraction of sp³-hybridized carbons (Fsp3) is 0.429. The van der Waals surface area contributed by atoms with Crippen LogP contribution in [0, 0.1) is 11.3 Å². The van der Waals surface area contributed by atoms with Crippen molar-refractivity contribution < 1.29 is 17.9 Å². The van der Waals surface area contributed by atoms with Crippen LogP contribution < -0.4 is 0 Å². The molecule has 0 heterocycles. The summed E-state index contributed by atoms with van der Waals surface area (Å²) in [5.74, 6) is -0.581. The zero-order valence-electron chi connectivity index (χ0n) is 11.7. The van der Waals surface area contributed by atoms with E-state index in [1.54, 1.807) is 19.1 Å². The maximum Gasteiger partial charge on any atom is 0.321 e. The van der Waals surface area contributed by atoms with Gasteiger partial charge in [0.1, 0.15) is 12.6 Å². The average molecular weight is 308 g/mol. The molecule has 0 atom stereocenters. The molecule has 0 amide bonds. The standard InChI is InChI=1S/C14H16N2O4S/c1-2-20-14(17)10-16(12-7-8-12)21(18,19)13-6-4-3-5-11(13)9-15/h3-6,12H,2,7-8,10H2,1H3. The smallest absolute Gasteiger partial charge is 0.321 e. The van der Waals surface area contributed by atoms with Crippen LogP contribution in [0.15, 0.2) is 29.2 Å². The Morgan fingerprint density at radius 3 is 2.67 bits per heavy atom. The largest absolute Gasteiger partial charge is 0.465 e. The van der Waals surface area contributed by atoms with Crippen molar-refractivity contribution in [2.75, 3.05) is 13.2 Å². The number of hydrogen-bond donors (Lipinski definition) is 0. The number of hydrogen-bond acceptors (Lipinski definition) is 5. The van der Waals surface area contributed by atoms with Gasteiger partial charge in [0.15, 0.2) is 0 Å². The van der Waals surface area contributed by atoms with E-state index in [0.29, 0.717) is 12.8 Å². The minimum atomic E-state index is -3.88. The Kier molecular flexibility index (Phi) is 4.60. The molecule has 0 aromatic heterocycles. The molecule has 0 unspecified atom stereocenters. The molecule has 1 aliphatic rings. The maximum atomic E-state index is 12.7. The van der Waals surface area contributed by atoms with Crippen LogP contribution in [-0.2, 0) is 19.6 Å². The number of rotatable bonds is 6. The summed E-state index contributed by atoms with van der Waals surface area (Å²) >= 11 is 0. The molecule has 0 radical (unpaired) electrons. The Morgan fingerprint density at radius 2 is 2.10 bits per heavy atom. The van der Waals surface area contributed by atoms with Crippen molar-refractivity contribution in [3.05, 3.63) is 29.8 Å². The number of carbonyl (C=O) groups excluding carboxylic acids is 1. The summed E-state index contributed by atoms with van der Waals surface area (Å²) in [7, 11) is -3.88. The van der Waals surface area contributed by atoms with E-state index in [4.69, 9.17) is 10.00 Å². The van der Waals surface area contributed by atoms with E-state index >= 15 is 0 Å². The third kappa shape index (κ3) is 3.40. The van der Waals surface area contributed by atoms with Gasteiger partial charge in [-0.05, 0) is 31.9 Å². The van der Waals surface area contributed by atoms with Gasteiger partial charge in [0.05, 0.1) is 17.1 Å². The molecule has 112 valence electrons. The third-order valence-electron chi connectivity index (χ3n) is 3.14. The molecule has 7 heteroatoms. The Balaban J connectivity index is 2.35. The number of sulfonamides is 1. The molecule has 1 fully saturated rings. The van der Waals surface area contributed by atoms with E-state index in [9.17, 15) is 13.2 Å². The van der Waals surface area contributed by atoms with Gasteiger partial charge in [-0.3, -0.25) is 4.79 Å². The Bertz CT molecular complexity index is 674. The molecule has 2 rings (SSSR count). The van der Waals surface area contributed by atoms with Crippen LogP contribution >= 0.6 is 0 Å². The first kappa shape index (κ1) is 15.5. The predicted molar refractivity (Wildman–Crippen MR) is 74.7 cm³/mol. The highest BCUT2D eigenvalue weighted by molar-refractivity contribution is 7.89. The minimum Gasteiger partial charge on any atom is -0.465 e. The van der Waals surface area contributed by atoms with Crippen LogP contribution in [0.4, 0.5) is 0 Å². The van der Waals surface area contributed by atoms with Gasteiger partial charge in [-0.2, -0.15) is 9.57 Å². The van der Waals surface area contributed by atoms with Gasteiger partial charge in [0.2, 0.25) is 10.0 Å². The van der Waals surface area contributed by atoms with Gasteiger partial charge in [-0.15, -0.1) is 0 Å². The van der Waals surface area contributed by atoms with Crippen LogP contribution in [0.5, 0.6) is 0 Å². The second kappa shape index (κ2) is 6.24. The van der Waals surface area contributed by atoms with Crippen LogP contribution in [0.3, 0.4) is 0 Å². The number of ether oxygens (including phenoxy) is 1. The summed E-state index contributed by atoms with van der Waals surface area (Å²) in [6.07, 6.45) is 1.43. The SMILES string of the molecule is CCOC(=O)CN(C1CC1)S(=O)(=O)c1ccccc1C#N. The lowest BCUT2D eigenvalue weighted by Gasteiger charge is -2.21. The van der Waals surface area contributed by atoms with Crippen LogP contribution in [0.2, 0.25) is 0 Å². The third-order valence-corrected chi connectivity index (χ3v) is 5.10. The van der Waals surface area contributed by atoms with E-state index in [1.165, 1.54) is 12.1 Å². The van der Waals surface area contributed by atoms with Crippen LogP contribution in [0.25, 0.3) is 0 Å². The monoisotopic (exact) mass is 308 g/mol. The minimum absolute atomic E-state index is 0.0660. The summed E-state index contributed by atoms with van der Waals surface area (Å²) in [5.41, 5.74) is 0.0759. The zero-order chi connectivity index (χ0) is 15.5. The highest BCUT2D eigenvalue weighted by Gasteiger charge is 2.40. The molecule has 0 bridgehead atoms. The first-order valence-corrected chi connectivity index (χ1v) is 8.11. The summed E-state index contributed by atoms with van der Waals surface area (Å²) < 4.78 is 31.4. The quantitative estimate of drug-likeness (QED) is 0.739. The van der Waals surface area contributed by atoms with Crippen molar-refractivity contribution in [3.8, 4) is 6.07 Å². The lowest BCUT2D eigenvalue weighted by Crippen LogP contribution is -2.38. The Labute approximate surface area is 124 Å². The summed E-state index contributed by atoms with van der Waals surface area (Å²) in [5, 5.41) is 9.06. The predicted octanol–water partition coefficient (Wildman–Crippen LogP) is 1.27. The molecule has 6 nitrogen and oxygen atoms in total. The fourth-order valence-corrected chi connectivity index (χ4v) is 3.79. The molecule has 21 heavy (non-hydrogen) atoms. The summed E-state index contributed by atoms with van der Waals surface area (Å²) in [6, 6.07) is 7.67. The van der Waals surface area contributed by atoms with Crippen molar-refractivity contribution in [2.45, 2.75) is 30.7 Å². The first-order valence-electron chi connectivity index (χ1n) is 6.67. The number of nitriles is 1. The van der Waals surface area contributed by atoms with Gasteiger partial charge in [-0.25, -0.2) is 8.42 Å². The van der Waals surface area contributed by atoms with Gasteiger partial charge < -0.3 is 4.74 Å². The molecule has 0 saturated heterocycles. The summed E-state index contributed by atoms with van der Waals surface area (Å²) in [4.78, 5) is 11.6. The summed E-state index contributed by atoms with van der Waals surface area (Å²) in [6.45, 7) is 1.55. The normalized spacial score (nSPS) is 14.7. The van der Waals surface area contributed by atoms with Crippen molar-refractivity contribution in [1.82, 2.24) is 4.31 Å². The highest BCUT2D eigenvalue weighted by atomic mass is 32.2. The van der Waals surface area contributed by atoms with Gasteiger partial charge in [-0.1, -0.05) is 12.1 Å². The maximum absolute atomic E-state index is 12.7. The van der Waals surface area contributed by atoms with Gasteiger partial charge >= 0.3 is 5.97 Å². The van der Waals surface area contributed by atoms with E-state index in [0.717, 1.165) is 4.31 Å². The van der Waals surface area contributed by atoms with Crippen LogP contribution in [0.1, 0.15) is 25.3 Å². The van der Waals surface area contributed by atoms with Crippen molar-refractivity contribution >= 4 is 16.0 Å². The second-order valence-electron chi connectivity index (χ2n) is 4.69. The van der Waals surface area contributed by atoms with E-state index in [1.807, 2.05) is 6.07 Å². The highest BCUT2D eigenvalue weighted by Crippen LogP contribution is 2.32. The fourth-order valence-electron chi connectivity index (χ4n) is 2.02. The average Bonchev–Trinajstić information content (AvgIpc) is 3.29. The lowest BCUT2D eigenvalue weighted by atomic mass is 10.2. The number of benzene rings is 1.